The zero-order chi connectivity index (χ0) is 18.6. The Hall–Kier alpha value is -2.57. The van der Waals surface area contributed by atoms with Gasteiger partial charge in [0.05, 0.1) is 0 Å². The number of hydrogen-bond donors (Lipinski definition) is 1. The van der Waals surface area contributed by atoms with Gasteiger partial charge >= 0.3 is 6.18 Å². The number of hydrogen-bond acceptors (Lipinski definition) is 2. The highest BCUT2D eigenvalue weighted by atomic mass is 19.4. The maximum atomic E-state index is 12.8. The van der Waals surface area contributed by atoms with Gasteiger partial charge in [0.2, 0.25) is 0 Å². The molecule has 0 fully saturated rings. The lowest BCUT2D eigenvalue weighted by molar-refractivity contribution is -0.143. The van der Waals surface area contributed by atoms with Gasteiger partial charge in [0, 0.05) is 12.6 Å². The molecule has 0 unspecified atom stereocenters. The molecule has 1 aromatic heterocycles. The summed E-state index contributed by atoms with van der Waals surface area (Å²) in [5.41, 5.74) is -0.750. The van der Waals surface area contributed by atoms with Gasteiger partial charge < -0.3 is 9.88 Å². The summed E-state index contributed by atoms with van der Waals surface area (Å²) in [5, 5.41) is 2.37. The van der Waals surface area contributed by atoms with Crippen LogP contribution in [0.15, 0.2) is 41.2 Å². The van der Waals surface area contributed by atoms with Crippen molar-refractivity contribution >= 4 is 11.6 Å². The molecule has 0 atom stereocenters. The quantitative estimate of drug-likeness (QED) is 0.884. The Morgan fingerprint density at radius 1 is 1.12 bits per heavy atom. The summed E-state index contributed by atoms with van der Waals surface area (Å²) < 4.78 is 38.8. The minimum absolute atomic E-state index is 0.199. The third kappa shape index (κ3) is 4.49. The lowest BCUT2D eigenvalue weighted by atomic mass is 10.1. The molecule has 1 amide bonds. The molecular weight excluding hydrogens is 333 g/mol. The number of nitrogens with one attached hydrogen (secondary N) is 1. The van der Waals surface area contributed by atoms with Crippen molar-refractivity contribution in [3.05, 3.63) is 63.6 Å². The number of anilines is 1. The van der Waals surface area contributed by atoms with Gasteiger partial charge in [-0.2, -0.15) is 13.2 Å². The van der Waals surface area contributed by atoms with Crippen molar-refractivity contribution in [1.29, 1.82) is 0 Å². The Labute approximate surface area is 143 Å². The van der Waals surface area contributed by atoms with Crippen LogP contribution in [0.4, 0.5) is 18.9 Å². The number of pyridine rings is 1. The molecule has 0 aliphatic carbocycles. The van der Waals surface area contributed by atoms with Gasteiger partial charge in [-0.15, -0.1) is 0 Å². The molecule has 0 aliphatic rings. The van der Waals surface area contributed by atoms with E-state index in [4.69, 9.17) is 0 Å². The number of benzene rings is 1. The minimum atomic E-state index is -4.63. The number of rotatable bonds is 5. The van der Waals surface area contributed by atoms with Crippen LogP contribution in [-0.4, -0.2) is 10.5 Å². The molecule has 1 N–H and O–H groups in total. The number of amides is 1. The number of carbonyl (C=O) groups excluding carboxylic acids is 1. The van der Waals surface area contributed by atoms with E-state index >= 15 is 0 Å². The summed E-state index contributed by atoms with van der Waals surface area (Å²) in [6.07, 6.45) is -1.60. The van der Waals surface area contributed by atoms with Crippen LogP contribution in [0.1, 0.15) is 41.4 Å². The maximum Gasteiger partial charge on any atom is 0.431 e. The third-order valence-electron chi connectivity index (χ3n) is 3.88. The second-order valence-corrected chi connectivity index (χ2v) is 5.75. The molecule has 4 nitrogen and oxygen atoms in total. The zero-order valence-corrected chi connectivity index (χ0v) is 14.0. The first-order valence-corrected chi connectivity index (χ1v) is 7.91. The Kier molecular flexibility index (Phi) is 5.66. The van der Waals surface area contributed by atoms with E-state index in [9.17, 15) is 22.8 Å². The predicted octanol–water partition coefficient (Wildman–Crippen LogP) is 4.00. The molecule has 1 aromatic carbocycles. The van der Waals surface area contributed by atoms with Crippen LogP contribution in [-0.2, 0) is 19.6 Å². The van der Waals surface area contributed by atoms with Gasteiger partial charge in [-0.25, -0.2) is 0 Å². The Bertz CT molecular complexity index is 809. The lowest BCUT2D eigenvalue weighted by Gasteiger charge is -2.13. The van der Waals surface area contributed by atoms with E-state index in [1.807, 2.05) is 12.1 Å². The third-order valence-corrected chi connectivity index (χ3v) is 3.88. The largest absolute Gasteiger partial charge is 0.431 e. The molecular formula is C18H19F3N2O2. The number of carbonyl (C=O) groups is 1. The molecule has 2 rings (SSSR count). The van der Waals surface area contributed by atoms with Crippen molar-refractivity contribution in [1.82, 2.24) is 4.57 Å². The number of aryl methyl sites for hydroxylation is 1. The van der Waals surface area contributed by atoms with Gasteiger partial charge in [0.1, 0.15) is 11.4 Å². The molecule has 7 heteroatoms. The molecule has 0 radical (unpaired) electrons. The number of alkyl halides is 3. The van der Waals surface area contributed by atoms with Gasteiger partial charge in [-0.3, -0.25) is 9.59 Å². The van der Waals surface area contributed by atoms with Crippen molar-refractivity contribution in [2.45, 2.75) is 32.4 Å². The van der Waals surface area contributed by atoms with Gasteiger partial charge in [-0.05, 0) is 42.7 Å². The van der Waals surface area contributed by atoms with E-state index in [0.717, 1.165) is 44.0 Å². The topological polar surface area (TPSA) is 51.1 Å². The number of aromatic nitrogens is 1. The molecule has 25 heavy (non-hydrogen) atoms. The molecule has 0 bridgehead atoms. The van der Waals surface area contributed by atoms with Crippen LogP contribution >= 0.6 is 0 Å². The summed E-state index contributed by atoms with van der Waals surface area (Å²) in [5.74, 6) is -0.543. The van der Waals surface area contributed by atoms with E-state index in [-0.39, 0.29) is 5.69 Å². The first-order chi connectivity index (χ1) is 11.7. The highest BCUT2D eigenvalue weighted by Crippen LogP contribution is 2.28. The first kappa shape index (κ1) is 18.8. The van der Waals surface area contributed by atoms with Crippen molar-refractivity contribution in [2.75, 3.05) is 5.32 Å². The van der Waals surface area contributed by atoms with Crippen molar-refractivity contribution in [3.63, 3.8) is 0 Å². The number of nitrogens with zero attached hydrogens (tertiary/aromatic N) is 1. The molecule has 2 aromatic rings. The van der Waals surface area contributed by atoms with Gasteiger partial charge in [0.15, 0.2) is 0 Å². The summed E-state index contributed by atoms with van der Waals surface area (Å²) in [7, 11) is 1.02. The van der Waals surface area contributed by atoms with Crippen molar-refractivity contribution < 1.29 is 18.0 Å². The SMILES string of the molecule is CCCCc1ccc(C(=O)Nc2ccc(C(F)(F)F)n(C)c2=O)cc1. The Morgan fingerprint density at radius 3 is 2.32 bits per heavy atom. The van der Waals surface area contributed by atoms with E-state index in [1.54, 1.807) is 12.1 Å². The summed E-state index contributed by atoms with van der Waals surface area (Å²) in [4.78, 5) is 24.2. The average molecular weight is 352 g/mol. The minimum Gasteiger partial charge on any atom is -0.317 e. The number of halogens is 3. The number of unbranched alkanes of at least 4 members (excludes halogenated alkanes) is 1. The van der Waals surface area contributed by atoms with E-state index < -0.39 is 23.3 Å². The van der Waals surface area contributed by atoms with Gasteiger partial charge in [0.25, 0.3) is 11.5 Å². The predicted molar refractivity (Wildman–Crippen MR) is 89.7 cm³/mol. The second-order valence-electron chi connectivity index (χ2n) is 5.75. The summed E-state index contributed by atoms with van der Waals surface area (Å²) in [6.45, 7) is 2.09. The fourth-order valence-electron chi connectivity index (χ4n) is 2.41. The summed E-state index contributed by atoms with van der Waals surface area (Å²) >= 11 is 0. The normalized spacial score (nSPS) is 11.4. The fourth-order valence-corrected chi connectivity index (χ4v) is 2.41. The highest BCUT2D eigenvalue weighted by Gasteiger charge is 2.33. The monoisotopic (exact) mass is 352 g/mol. The maximum absolute atomic E-state index is 12.8. The van der Waals surface area contributed by atoms with Crippen molar-refractivity contribution in [3.8, 4) is 0 Å². The van der Waals surface area contributed by atoms with E-state index in [2.05, 4.69) is 12.2 Å². The van der Waals surface area contributed by atoms with Crippen molar-refractivity contribution in [2.24, 2.45) is 7.05 Å². The molecule has 1 heterocycles. The van der Waals surface area contributed by atoms with Crippen LogP contribution < -0.4 is 10.9 Å². The first-order valence-electron chi connectivity index (χ1n) is 7.91. The van der Waals surface area contributed by atoms with Crippen LogP contribution in [0.2, 0.25) is 0 Å². The van der Waals surface area contributed by atoms with Crippen LogP contribution in [0.25, 0.3) is 0 Å². The molecule has 134 valence electrons. The fraction of sp³-hybridized carbons (Fsp3) is 0.333. The summed E-state index contributed by atoms with van der Waals surface area (Å²) in [6, 6.07) is 8.66. The van der Waals surface area contributed by atoms with E-state index in [1.165, 1.54) is 0 Å². The average Bonchev–Trinajstić information content (AvgIpc) is 2.56. The van der Waals surface area contributed by atoms with Crippen LogP contribution in [0, 0.1) is 0 Å². The molecule has 0 spiro atoms. The molecule has 0 saturated carbocycles. The standard InChI is InChI=1S/C18H19F3N2O2/c1-3-4-5-12-6-8-13(9-7-12)16(24)22-14-10-11-15(18(19,20)21)23(2)17(14)25/h6-11H,3-5H2,1-2H3,(H,22,24). The van der Waals surface area contributed by atoms with Crippen LogP contribution in [0.3, 0.4) is 0 Å². The molecule has 0 saturated heterocycles. The lowest BCUT2D eigenvalue weighted by Crippen LogP contribution is -2.29. The highest BCUT2D eigenvalue weighted by molar-refractivity contribution is 6.04. The smallest absolute Gasteiger partial charge is 0.317 e. The Balaban J connectivity index is 2.18. The second kappa shape index (κ2) is 7.55. The van der Waals surface area contributed by atoms with Gasteiger partial charge in [-0.1, -0.05) is 25.5 Å². The zero-order valence-electron chi connectivity index (χ0n) is 14.0. The van der Waals surface area contributed by atoms with E-state index in [0.29, 0.717) is 10.1 Å². The Morgan fingerprint density at radius 2 is 1.76 bits per heavy atom. The molecule has 0 aliphatic heterocycles. The van der Waals surface area contributed by atoms with Crippen LogP contribution in [0.5, 0.6) is 0 Å².